The number of hydrogen-bond acceptors (Lipinski definition) is 5. The molecular formula is C21H20N6. The topological polar surface area (TPSA) is 82.5 Å². The number of rotatable bonds is 3. The fourth-order valence-corrected chi connectivity index (χ4v) is 3.71. The molecular weight excluding hydrogens is 336 g/mol. The second-order valence-electron chi connectivity index (χ2n) is 7.28. The zero-order valence-corrected chi connectivity index (χ0v) is 15.3. The van der Waals surface area contributed by atoms with Gasteiger partial charge in [-0.3, -0.25) is 9.67 Å². The molecule has 2 N–H and O–H groups in total. The van der Waals surface area contributed by atoms with Gasteiger partial charge in [-0.2, -0.15) is 5.10 Å². The lowest BCUT2D eigenvalue weighted by Gasteiger charge is -2.09. The minimum atomic E-state index is 0.331. The Balaban J connectivity index is 1.61. The van der Waals surface area contributed by atoms with Crippen molar-refractivity contribution in [3.05, 3.63) is 66.1 Å². The Hall–Kier alpha value is -3.28. The normalized spacial score (nSPS) is 18.7. The monoisotopic (exact) mass is 356 g/mol. The number of nitrogens with zero attached hydrogens (tertiary/aromatic N) is 5. The smallest absolute Gasteiger partial charge is 0.132 e. The second-order valence-corrected chi connectivity index (χ2v) is 7.28. The van der Waals surface area contributed by atoms with Crippen LogP contribution in [0.4, 0.5) is 5.69 Å². The summed E-state index contributed by atoms with van der Waals surface area (Å²) in [6, 6.07) is 10.0. The predicted molar refractivity (Wildman–Crippen MR) is 105 cm³/mol. The highest BCUT2D eigenvalue weighted by atomic mass is 15.2. The van der Waals surface area contributed by atoms with E-state index in [0.717, 1.165) is 51.4 Å². The van der Waals surface area contributed by atoms with E-state index < -0.39 is 0 Å². The number of nitrogens with two attached hydrogens (primary N) is 1. The van der Waals surface area contributed by atoms with Crippen LogP contribution >= 0.6 is 0 Å². The summed E-state index contributed by atoms with van der Waals surface area (Å²) < 4.78 is 1.82. The Morgan fingerprint density at radius 3 is 2.78 bits per heavy atom. The van der Waals surface area contributed by atoms with Crippen LogP contribution in [-0.4, -0.2) is 24.7 Å². The third-order valence-electron chi connectivity index (χ3n) is 5.19. The predicted octanol–water partition coefficient (Wildman–Crippen LogP) is 3.59. The summed E-state index contributed by atoms with van der Waals surface area (Å²) >= 11 is 0. The summed E-state index contributed by atoms with van der Waals surface area (Å²) in [5.74, 6) is 1.59. The Morgan fingerprint density at radius 1 is 1.11 bits per heavy atom. The summed E-state index contributed by atoms with van der Waals surface area (Å²) in [7, 11) is 1.93. The molecule has 1 aliphatic rings. The van der Waals surface area contributed by atoms with E-state index in [1.54, 1.807) is 0 Å². The van der Waals surface area contributed by atoms with Crippen molar-refractivity contribution >= 4 is 16.6 Å². The maximum absolute atomic E-state index is 6.02. The zero-order chi connectivity index (χ0) is 18.5. The SMILES string of the molecule is Cc1ccnc([C@H]2C[C@@H]2c2cc(-c3cnn(C)c3)c3ccc(N)cc3n2)n1. The van der Waals surface area contributed by atoms with Crippen molar-refractivity contribution in [3.63, 3.8) is 0 Å². The van der Waals surface area contributed by atoms with Crippen molar-refractivity contribution in [2.24, 2.45) is 7.05 Å². The molecule has 6 nitrogen and oxygen atoms in total. The van der Waals surface area contributed by atoms with Gasteiger partial charge >= 0.3 is 0 Å². The third-order valence-corrected chi connectivity index (χ3v) is 5.19. The third kappa shape index (κ3) is 2.83. The lowest BCUT2D eigenvalue weighted by atomic mass is 10.0. The average Bonchev–Trinajstić information content (AvgIpc) is 3.34. The van der Waals surface area contributed by atoms with Crippen molar-refractivity contribution in [1.29, 1.82) is 0 Å². The molecule has 1 fully saturated rings. The molecule has 1 aromatic carbocycles. The largest absolute Gasteiger partial charge is 0.399 e. The van der Waals surface area contributed by atoms with Crippen molar-refractivity contribution in [2.75, 3.05) is 5.73 Å². The van der Waals surface area contributed by atoms with E-state index in [1.807, 2.05) is 61.5 Å². The number of benzene rings is 1. The molecule has 3 aromatic heterocycles. The summed E-state index contributed by atoms with van der Waals surface area (Å²) in [4.78, 5) is 14.0. The molecule has 134 valence electrons. The fourth-order valence-electron chi connectivity index (χ4n) is 3.71. The molecule has 0 unspecified atom stereocenters. The number of hydrogen-bond donors (Lipinski definition) is 1. The minimum Gasteiger partial charge on any atom is -0.399 e. The lowest BCUT2D eigenvalue weighted by molar-refractivity contribution is 0.768. The summed E-state index contributed by atoms with van der Waals surface area (Å²) in [6.07, 6.45) is 6.78. The van der Waals surface area contributed by atoms with Gasteiger partial charge in [-0.15, -0.1) is 0 Å². The van der Waals surface area contributed by atoms with Gasteiger partial charge in [-0.1, -0.05) is 6.07 Å². The molecule has 0 spiro atoms. The summed E-state index contributed by atoms with van der Waals surface area (Å²) in [5.41, 5.74) is 12.0. The number of anilines is 1. The summed E-state index contributed by atoms with van der Waals surface area (Å²) in [5, 5.41) is 5.42. The maximum atomic E-state index is 6.02. The molecule has 1 aliphatic carbocycles. The van der Waals surface area contributed by atoms with Gasteiger partial charge in [0.05, 0.1) is 11.7 Å². The van der Waals surface area contributed by atoms with Crippen LogP contribution in [0.15, 0.2) is 48.9 Å². The van der Waals surface area contributed by atoms with Gasteiger partial charge in [-0.25, -0.2) is 9.97 Å². The van der Waals surface area contributed by atoms with Gasteiger partial charge in [-0.05, 0) is 43.2 Å². The van der Waals surface area contributed by atoms with Crippen molar-refractivity contribution in [3.8, 4) is 11.1 Å². The molecule has 5 rings (SSSR count). The van der Waals surface area contributed by atoms with Crippen molar-refractivity contribution in [1.82, 2.24) is 24.7 Å². The highest BCUT2D eigenvalue weighted by Gasteiger charge is 2.43. The second kappa shape index (κ2) is 5.87. The molecule has 0 bridgehead atoms. The highest BCUT2D eigenvalue weighted by Crippen LogP contribution is 2.53. The first kappa shape index (κ1) is 15.9. The number of nitrogen functional groups attached to an aromatic ring is 1. The van der Waals surface area contributed by atoms with Gasteiger partial charge in [0.2, 0.25) is 0 Å². The van der Waals surface area contributed by atoms with Crippen LogP contribution < -0.4 is 5.73 Å². The molecule has 4 aromatic rings. The molecule has 27 heavy (non-hydrogen) atoms. The first-order chi connectivity index (χ1) is 13.1. The Kier molecular flexibility index (Phi) is 3.47. The van der Waals surface area contributed by atoms with E-state index in [9.17, 15) is 0 Å². The number of aryl methyl sites for hydroxylation is 2. The van der Waals surface area contributed by atoms with Gasteiger partial charge in [0, 0.05) is 59.3 Å². The van der Waals surface area contributed by atoms with E-state index in [2.05, 4.69) is 21.1 Å². The van der Waals surface area contributed by atoms with Gasteiger partial charge in [0.1, 0.15) is 5.82 Å². The van der Waals surface area contributed by atoms with E-state index in [1.165, 1.54) is 0 Å². The Bertz CT molecular complexity index is 1160. The van der Waals surface area contributed by atoms with E-state index in [0.29, 0.717) is 11.8 Å². The Morgan fingerprint density at radius 2 is 2.00 bits per heavy atom. The van der Waals surface area contributed by atoms with Crippen LogP contribution in [0.2, 0.25) is 0 Å². The van der Waals surface area contributed by atoms with Gasteiger partial charge in [0.25, 0.3) is 0 Å². The van der Waals surface area contributed by atoms with Gasteiger partial charge in [0.15, 0.2) is 0 Å². The molecule has 0 radical (unpaired) electrons. The average molecular weight is 356 g/mol. The van der Waals surface area contributed by atoms with Crippen molar-refractivity contribution < 1.29 is 0 Å². The minimum absolute atomic E-state index is 0.331. The molecule has 0 aliphatic heterocycles. The first-order valence-electron chi connectivity index (χ1n) is 9.07. The molecule has 0 amide bonds. The highest BCUT2D eigenvalue weighted by molar-refractivity contribution is 5.96. The quantitative estimate of drug-likeness (QED) is 0.567. The van der Waals surface area contributed by atoms with E-state index in [-0.39, 0.29) is 0 Å². The van der Waals surface area contributed by atoms with Crippen LogP contribution in [0.1, 0.15) is 35.5 Å². The Labute approximate surface area is 157 Å². The molecule has 0 saturated heterocycles. The van der Waals surface area contributed by atoms with Crippen LogP contribution in [-0.2, 0) is 7.05 Å². The lowest BCUT2D eigenvalue weighted by Crippen LogP contribution is -1.97. The standard InChI is InChI=1S/C21H20N6/c1-12-5-6-23-21(25-12)18-8-17(18)20-9-16(13-10-24-27(2)11-13)15-4-3-14(22)7-19(15)26-20/h3-7,9-11,17-18H,8,22H2,1-2H3/t17-,18-/m0/s1. The van der Waals surface area contributed by atoms with Gasteiger partial charge < -0.3 is 5.73 Å². The molecule has 2 atom stereocenters. The van der Waals surface area contributed by atoms with Crippen LogP contribution in [0.5, 0.6) is 0 Å². The van der Waals surface area contributed by atoms with Crippen LogP contribution in [0.25, 0.3) is 22.0 Å². The van der Waals surface area contributed by atoms with Crippen molar-refractivity contribution in [2.45, 2.75) is 25.2 Å². The maximum Gasteiger partial charge on any atom is 0.132 e. The number of aromatic nitrogens is 5. The van der Waals surface area contributed by atoms with Crippen LogP contribution in [0, 0.1) is 6.92 Å². The van der Waals surface area contributed by atoms with E-state index in [4.69, 9.17) is 10.7 Å². The first-order valence-corrected chi connectivity index (χ1v) is 9.07. The molecule has 1 saturated carbocycles. The zero-order valence-electron chi connectivity index (χ0n) is 15.3. The fraction of sp³-hybridized carbons (Fsp3) is 0.238. The summed E-state index contributed by atoms with van der Waals surface area (Å²) in [6.45, 7) is 2.00. The van der Waals surface area contributed by atoms with Crippen LogP contribution in [0.3, 0.4) is 0 Å². The molecule has 6 heteroatoms. The molecule has 3 heterocycles. The number of fused-ring (bicyclic) bond motifs is 1. The van der Waals surface area contributed by atoms with E-state index >= 15 is 0 Å². The number of pyridine rings is 1.